The summed E-state index contributed by atoms with van der Waals surface area (Å²) >= 11 is 0. The summed E-state index contributed by atoms with van der Waals surface area (Å²) in [5.41, 5.74) is 2.43. The van der Waals surface area contributed by atoms with Gasteiger partial charge in [0, 0.05) is 31.7 Å². The maximum absolute atomic E-state index is 4.80. The maximum Gasteiger partial charge on any atom is 0.191 e. The normalized spacial score (nSPS) is 15.6. The average molecular weight is 432 g/mol. The van der Waals surface area contributed by atoms with Crippen LogP contribution in [0.3, 0.4) is 0 Å². The van der Waals surface area contributed by atoms with Gasteiger partial charge in [-0.1, -0.05) is 36.4 Å². The zero-order valence-corrected chi connectivity index (χ0v) is 19.0. The Kier molecular flexibility index (Phi) is 7.51. The van der Waals surface area contributed by atoms with Crippen molar-refractivity contribution in [3.05, 3.63) is 78.0 Å². The molecular weight excluding hydrogens is 398 g/mol. The molecule has 2 aromatic heterocycles. The maximum atomic E-state index is 4.80. The van der Waals surface area contributed by atoms with Gasteiger partial charge in [0.15, 0.2) is 5.96 Å². The second-order valence-electron chi connectivity index (χ2n) is 8.11. The van der Waals surface area contributed by atoms with Crippen LogP contribution >= 0.6 is 0 Å². The van der Waals surface area contributed by atoms with Gasteiger partial charge in [0.05, 0.1) is 12.6 Å². The van der Waals surface area contributed by atoms with E-state index in [9.17, 15) is 0 Å². The molecule has 1 aromatic carbocycles. The van der Waals surface area contributed by atoms with Crippen LogP contribution in [0.1, 0.15) is 42.8 Å². The van der Waals surface area contributed by atoms with Crippen LogP contribution in [0.2, 0.25) is 0 Å². The molecular formula is C25H33N7. The molecule has 168 valence electrons. The molecule has 1 aliphatic heterocycles. The number of pyridine rings is 1. The Morgan fingerprint density at radius 3 is 2.53 bits per heavy atom. The molecule has 1 aliphatic rings. The van der Waals surface area contributed by atoms with Crippen molar-refractivity contribution in [1.82, 2.24) is 30.1 Å². The lowest BCUT2D eigenvalue weighted by molar-refractivity contribution is 0.245. The van der Waals surface area contributed by atoms with Crippen molar-refractivity contribution in [2.75, 3.05) is 26.2 Å². The highest BCUT2D eigenvalue weighted by molar-refractivity contribution is 5.79. The topological polar surface area (TPSA) is 70.4 Å². The third-order valence-corrected chi connectivity index (χ3v) is 5.87. The van der Waals surface area contributed by atoms with Crippen molar-refractivity contribution in [3.8, 4) is 5.82 Å². The van der Waals surface area contributed by atoms with Crippen molar-refractivity contribution in [2.24, 2.45) is 4.99 Å². The minimum Gasteiger partial charge on any atom is -0.357 e. The molecule has 32 heavy (non-hydrogen) atoms. The van der Waals surface area contributed by atoms with Crippen LogP contribution in [0, 0.1) is 6.92 Å². The molecule has 1 unspecified atom stereocenters. The highest BCUT2D eigenvalue weighted by Gasteiger charge is 2.23. The van der Waals surface area contributed by atoms with E-state index in [2.05, 4.69) is 68.8 Å². The number of likely N-dealkylation sites (tertiary alicyclic amines) is 1. The molecule has 4 rings (SSSR count). The molecule has 3 aromatic rings. The van der Waals surface area contributed by atoms with Gasteiger partial charge < -0.3 is 10.6 Å². The van der Waals surface area contributed by atoms with Gasteiger partial charge in [-0.2, -0.15) is 0 Å². The number of guanidine groups is 1. The standard InChI is InChI=1S/C25H33N7/c1-3-26-25(29-18-21-11-12-24(28-17-21)32-16-13-27-20(32)2)30-19-23(31-14-7-8-15-31)22-9-5-4-6-10-22/h4-6,9-13,16-17,23H,3,7-8,14-15,18-19H2,1-2H3,(H2,26,29,30). The van der Waals surface area contributed by atoms with Gasteiger partial charge in [0.2, 0.25) is 0 Å². The molecule has 0 spiro atoms. The molecule has 1 fully saturated rings. The zero-order chi connectivity index (χ0) is 22.2. The predicted octanol–water partition coefficient (Wildman–Crippen LogP) is 3.47. The lowest BCUT2D eigenvalue weighted by atomic mass is 10.1. The van der Waals surface area contributed by atoms with Crippen molar-refractivity contribution < 1.29 is 0 Å². The van der Waals surface area contributed by atoms with Gasteiger partial charge in [0.25, 0.3) is 0 Å². The Morgan fingerprint density at radius 2 is 1.88 bits per heavy atom. The Morgan fingerprint density at radius 1 is 1.06 bits per heavy atom. The molecule has 1 saturated heterocycles. The zero-order valence-electron chi connectivity index (χ0n) is 19.0. The summed E-state index contributed by atoms with van der Waals surface area (Å²) in [4.78, 5) is 16.2. The third-order valence-electron chi connectivity index (χ3n) is 5.87. The van der Waals surface area contributed by atoms with E-state index in [0.29, 0.717) is 12.6 Å². The quantitative estimate of drug-likeness (QED) is 0.422. The number of benzene rings is 1. The van der Waals surface area contributed by atoms with Crippen molar-refractivity contribution in [2.45, 2.75) is 39.3 Å². The van der Waals surface area contributed by atoms with E-state index in [1.165, 1.54) is 18.4 Å². The van der Waals surface area contributed by atoms with E-state index >= 15 is 0 Å². The molecule has 7 nitrogen and oxygen atoms in total. The lowest BCUT2D eigenvalue weighted by Crippen LogP contribution is -2.42. The molecule has 0 bridgehead atoms. The van der Waals surface area contributed by atoms with Crippen molar-refractivity contribution in [3.63, 3.8) is 0 Å². The third kappa shape index (κ3) is 5.53. The van der Waals surface area contributed by atoms with Crippen LogP contribution in [0.5, 0.6) is 0 Å². The first-order valence-corrected chi connectivity index (χ1v) is 11.5. The second kappa shape index (κ2) is 10.9. The molecule has 2 N–H and O–H groups in total. The molecule has 3 heterocycles. The van der Waals surface area contributed by atoms with E-state index in [4.69, 9.17) is 4.99 Å². The summed E-state index contributed by atoms with van der Waals surface area (Å²) in [5, 5.41) is 6.95. The molecule has 0 radical (unpaired) electrons. The molecule has 7 heteroatoms. The fraction of sp³-hybridized carbons (Fsp3) is 0.400. The number of aromatic nitrogens is 3. The van der Waals surface area contributed by atoms with Gasteiger partial charge in [-0.3, -0.25) is 9.47 Å². The minimum absolute atomic E-state index is 0.349. The summed E-state index contributed by atoms with van der Waals surface area (Å²) in [6.45, 7) is 8.60. The summed E-state index contributed by atoms with van der Waals surface area (Å²) in [6, 6.07) is 15.2. The Labute approximate surface area is 190 Å². The number of rotatable bonds is 8. The van der Waals surface area contributed by atoms with E-state index in [1.807, 2.05) is 30.0 Å². The van der Waals surface area contributed by atoms with Gasteiger partial charge in [-0.05, 0) is 57.0 Å². The SMILES string of the molecule is CCNC(=NCc1ccc(-n2ccnc2C)nc1)NCC(c1ccccc1)N1CCCC1. The van der Waals surface area contributed by atoms with Crippen LogP contribution in [0.15, 0.2) is 66.0 Å². The van der Waals surface area contributed by atoms with Crippen LogP contribution in [0.4, 0.5) is 0 Å². The number of aryl methyl sites for hydroxylation is 1. The first-order chi connectivity index (χ1) is 15.7. The second-order valence-corrected chi connectivity index (χ2v) is 8.11. The molecule has 1 atom stereocenters. The van der Waals surface area contributed by atoms with E-state index in [-0.39, 0.29) is 0 Å². The number of nitrogens with zero attached hydrogens (tertiary/aromatic N) is 5. The Bertz CT molecular complexity index is 989. The van der Waals surface area contributed by atoms with Crippen LogP contribution in [0.25, 0.3) is 5.82 Å². The predicted molar refractivity (Wildman–Crippen MR) is 129 cm³/mol. The monoisotopic (exact) mass is 431 g/mol. The highest BCUT2D eigenvalue weighted by Crippen LogP contribution is 2.24. The lowest BCUT2D eigenvalue weighted by Gasteiger charge is -2.29. The molecule has 0 amide bonds. The van der Waals surface area contributed by atoms with Gasteiger partial charge in [0.1, 0.15) is 11.6 Å². The number of nitrogens with one attached hydrogen (secondary N) is 2. The van der Waals surface area contributed by atoms with Crippen LogP contribution < -0.4 is 10.6 Å². The molecule has 0 saturated carbocycles. The van der Waals surface area contributed by atoms with Crippen LogP contribution in [-0.2, 0) is 6.54 Å². The van der Waals surface area contributed by atoms with E-state index in [1.54, 1.807) is 6.20 Å². The Hall–Kier alpha value is -3.19. The summed E-state index contributed by atoms with van der Waals surface area (Å²) in [7, 11) is 0. The average Bonchev–Trinajstić information content (AvgIpc) is 3.51. The summed E-state index contributed by atoms with van der Waals surface area (Å²) in [5.74, 6) is 2.63. The number of hydrogen-bond donors (Lipinski definition) is 2. The number of aliphatic imine (C=N–C) groups is 1. The summed E-state index contributed by atoms with van der Waals surface area (Å²) in [6.07, 6.45) is 8.15. The molecule has 0 aliphatic carbocycles. The highest BCUT2D eigenvalue weighted by atomic mass is 15.2. The van der Waals surface area contributed by atoms with Gasteiger partial charge >= 0.3 is 0 Å². The van der Waals surface area contributed by atoms with E-state index in [0.717, 1.165) is 49.3 Å². The minimum atomic E-state index is 0.349. The van der Waals surface area contributed by atoms with Crippen LogP contribution in [-0.4, -0.2) is 51.6 Å². The fourth-order valence-corrected chi connectivity index (χ4v) is 4.16. The first kappa shape index (κ1) is 22.0. The van der Waals surface area contributed by atoms with Crippen molar-refractivity contribution >= 4 is 5.96 Å². The summed E-state index contributed by atoms with van der Waals surface area (Å²) < 4.78 is 1.97. The number of hydrogen-bond acceptors (Lipinski definition) is 4. The van der Waals surface area contributed by atoms with Gasteiger partial charge in [-0.15, -0.1) is 0 Å². The smallest absolute Gasteiger partial charge is 0.191 e. The van der Waals surface area contributed by atoms with Gasteiger partial charge in [-0.25, -0.2) is 15.0 Å². The largest absolute Gasteiger partial charge is 0.357 e. The Balaban J connectivity index is 1.41. The number of imidazole rings is 1. The fourth-order valence-electron chi connectivity index (χ4n) is 4.16. The van der Waals surface area contributed by atoms with E-state index < -0.39 is 0 Å². The first-order valence-electron chi connectivity index (χ1n) is 11.5. The van der Waals surface area contributed by atoms with Crippen molar-refractivity contribution in [1.29, 1.82) is 0 Å².